The summed E-state index contributed by atoms with van der Waals surface area (Å²) in [5, 5.41) is 0. The zero-order chi connectivity index (χ0) is 7.40. The Balaban J connectivity index is 2.67. The fourth-order valence-electron chi connectivity index (χ4n) is 0.413. The first-order valence-corrected chi connectivity index (χ1v) is 3.52. The third-order valence-corrected chi connectivity index (χ3v) is 1.05. The van der Waals surface area contributed by atoms with E-state index in [2.05, 4.69) is 14.5 Å². The van der Waals surface area contributed by atoms with Crippen LogP contribution in [0.3, 0.4) is 0 Å². The molecule has 5 nitrogen and oxygen atoms in total. The summed E-state index contributed by atoms with van der Waals surface area (Å²) < 4.78 is 14.3. The fraction of sp³-hybridized carbons (Fsp3) is 0. The van der Waals surface area contributed by atoms with Crippen molar-refractivity contribution in [1.29, 1.82) is 0 Å². The van der Waals surface area contributed by atoms with Crippen LogP contribution in [0.4, 0.5) is 0 Å². The zero-order valence-electron chi connectivity index (χ0n) is 4.84. The van der Waals surface area contributed by atoms with Gasteiger partial charge in [0.05, 0.1) is 6.20 Å². The Hall–Kier alpha value is -1.06. The zero-order valence-corrected chi connectivity index (χ0v) is 5.73. The summed E-state index contributed by atoms with van der Waals surface area (Å²) >= 11 is 0. The topological polar surface area (TPSA) is 72.3 Å². The van der Waals surface area contributed by atoms with Crippen LogP contribution in [0, 0.1) is 0 Å². The average molecular weight is 159 g/mol. The molecule has 6 heteroatoms. The highest BCUT2D eigenvalue weighted by atomic mass is 31.1. The van der Waals surface area contributed by atoms with Gasteiger partial charge in [0.1, 0.15) is 0 Å². The predicted molar refractivity (Wildman–Crippen MR) is 32.5 cm³/mol. The lowest BCUT2D eigenvalue weighted by Crippen LogP contribution is -1.84. The number of aromatic nitrogens is 2. The summed E-state index contributed by atoms with van der Waals surface area (Å²) in [5.41, 5.74) is 0. The molecule has 0 bridgehead atoms. The van der Waals surface area contributed by atoms with Crippen molar-refractivity contribution in [3.8, 4) is 5.88 Å². The van der Waals surface area contributed by atoms with E-state index < -0.39 is 8.25 Å². The molecular weight excluding hydrogens is 155 g/mol. The molecule has 1 N–H and O–H groups in total. The van der Waals surface area contributed by atoms with Crippen molar-refractivity contribution in [2.24, 2.45) is 0 Å². The second-order valence-electron chi connectivity index (χ2n) is 1.37. The molecule has 0 aliphatic heterocycles. The SMILES string of the molecule is O=[P+](O)Oc1cnccn1. The lowest BCUT2D eigenvalue weighted by Gasteiger charge is -1.84. The number of hydrogen-bond donors (Lipinski definition) is 1. The standard InChI is InChI=1S/C4H3N2O3P/c7-10(8)9-4-3-5-1-2-6-4/h1-3H/p+1. The third-order valence-electron chi connectivity index (χ3n) is 0.711. The molecule has 0 saturated heterocycles. The number of nitrogens with zero attached hydrogens (tertiary/aromatic N) is 2. The lowest BCUT2D eigenvalue weighted by molar-refractivity contribution is 0.403. The van der Waals surface area contributed by atoms with Crippen molar-refractivity contribution < 1.29 is 14.0 Å². The maximum atomic E-state index is 10.0. The van der Waals surface area contributed by atoms with Crippen LogP contribution in [-0.2, 0) is 4.57 Å². The van der Waals surface area contributed by atoms with Gasteiger partial charge in [0.25, 0.3) is 5.88 Å². The van der Waals surface area contributed by atoms with Gasteiger partial charge in [0, 0.05) is 17.0 Å². The highest BCUT2D eigenvalue weighted by Gasteiger charge is 2.14. The smallest absolute Gasteiger partial charge is 0.257 e. The monoisotopic (exact) mass is 159 g/mol. The van der Waals surface area contributed by atoms with Crippen LogP contribution in [-0.4, -0.2) is 14.9 Å². The minimum absolute atomic E-state index is 0.0473. The van der Waals surface area contributed by atoms with Gasteiger partial charge >= 0.3 is 8.25 Å². The number of rotatable bonds is 2. The van der Waals surface area contributed by atoms with Crippen LogP contribution in [0.5, 0.6) is 5.88 Å². The van der Waals surface area contributed by atoms with E-state index in [-0.39, 0.29) is 5.88 Å². The first-order chi connectivity index (χ1) is 4.79. The van der Waals surface area contributed by atoms with Gasteiger partial charge in [0.2, 0.25) is 0 Å². The van der Waals surface area contributed by atoms with Crippen molar-refractivity contribution in [3.05, 3.63) is 18.6 Å². The van der Waals surface area contributed by atoms with Gasteiger partial charge < -0.3 is 0 Å². The Kier molecular flexibility index (Phi) is 2.25. The molecule has 0 fully saturated rings. The van der Waals surface area contributed by atoms with Gasteiger partial charge in [0.15, 0.2) is 0 Å². The molecule has 0 aromatic carbocycles. The maximum Gasteiger partial charge on any atom is 0.749 e. The van der Waals surface area contributed by atoms with E-state index in [4.69, 9.17) is 4.89 Å². The van der Waals surface area contributed by atoms with Crippen LogP contribution < -0.4 is 4.52 Å². The van der Waals surface area contributed by atoms with Crippen LogP contribution in [0.1, 0.15) is 0 Å². The maximum absolute atomic E-state index is 10.0. The summed E-state index contributed by atoms with van der Waals surface area (Å²) in [7, 11) is -2.63. The molecule has 0 radical (unpaired) electrons. The first-order valence-electron chi connectivity index (χ1n) is 2.39. The Bertz CT molecular complexity index is 227. The van der Waals surface area contributed by atoms with E-state index in [9.17, 15) is 4.57 Å². The van der Waals surface area contributed by atoms with E-state index >= 15 is 0 Å². The van der Waals surface area contributed by atoms with Crippen molar-refractivity contribution in [2.75, 3.05) is 0 Å². The van der Waals surface area contributed by atoms with E-state index in [0.29, 0.717) is 0 Å². The molecule has 0 aliphatic carbocycles. The van der Waals surface area contributed by atoms with Crippen molar-refractivity contribution in [1.82, 2.24) is 9.97 Å². The Morgan fingerprint density at radius 2 is 2.40 bits per heavy atom. The molecule has 0 saturated carbocycles. The van der Waals surface area contributed by atoms with Gasteiger partial charge in [-0.1, -0.05) is 0 Å². The molecule has 0 spiro atoms. The van der Waals surface area contributed by atoms with Gasteiger partial charge in [-0.3, -0.25) is 4.98 Å². The summed E-state index contributed by atoms with van der Waals surface area (Å²) in [4.78, 5) is 15.4. The normalized spacial score (nSPS) is 10.7. The summed E-state index contributed by atoms with van der Waals surface area (Å²) in [6.07, 6.45) is 4.06. The Labute approximate surface area is 57.7 Å². The van der Waals surface area contributed by atoms with Crippen LogP contribution in [0.2, 0.25) is 0 Å². The molecule has 52 valence electrons. The number of hydrogen-bond acceptors (Lipinski definition) is 4. The third kappa shape index (κ3) is 2.05. The minimum atomic E-state index is -2.63. The average Bonchev–Trinajstić information content (AvgIpc) is 1.88. The molecule has 0 amide bonds. The Morgan fingerprint density at radius 1 is 1.60 bits per heavy atom. The molecule has 1 rings (SSSR count). The van der Waals surface area contributed by atoms with Gasteiger partial charge in [-0.25, -0.2) is 9.51 Å². The summed E-state index contributed by atoms with van der Waals surface area (Å²) in [5.74, 6) is 0.0473. The van der Waals surface area contributed by atoms with Crippen LogP contribution in [0.15, 0.2) is 18.6 Å². The minimum Gasteiger partial charge on any atom is -0.257 e. The highest BCUT2D eigenvalue weighted by molar-refractivity contribution is 7.32. The molecule has 1 atom stereocenters. The van der Waals surface area contributed by atoms with Crippen LogP contribution >= 0.6 is 8.25 Å². The van der Waals surface area contributed by atoms with E-state index in [0.717, 1.165) is 0 Å². The van der Waals surface area contributed by atoms with Crippen molar-refractivity contribution in [3.63, 3.8) is 0 Å². The predicted octanol–water partition coefficient (Wildman–Crippen LogP) is 0.505. The quantitative estimate of drug-likeness (QED) is 0.636. The van der Waals surface area contributed by atoms with E-state index in [1.807, 2.05) is 0 Å². The lowest BCUT2D eigenvalue weighted by atomic mass is 10.7. The molecule has 0 aliphatic rings. The van der Waals surface area contributed by atoms with Crippen molar-refractivity contribution >= 4 is 8.25 Å². The molecule has 1 heterocycles. The molecular formula is C4H4N2O3P+. The summed E-state index contributed by atoms with van der Waals surface area (Å²) in [6, 6.07) is 0. The molecule has 10 heavy (non-hydrogen) atoms. The second-order valence-corrected chi connectivity index (χ2v) is 2.03. The summed E-state index contributed by atoms with van der Waals surface area (Å²) in [6.45, 7) is 0. The van der Waals surface area contributed by atoms with Gasteiger partial charge in [-0.2, -0.15) is 0 Å². The second kappa shape index (κ2) is 3.20. The first kappa shape index (κ1) is 7.05. The Morgan fingerprint density at radius 3 is 2.90 bits per heavy atom. The molecule has 1 aromatic rings. The van der Waals surface area contributed by atoms with Gasteiger partial charge in [-0.15, -0.1) is 4.89 Å². The van der Waals surface area contributed by atoms with Gasteiger partial charge in [-0.05, 0) is 0 Å². The molecule has 1 aromatic heterocycles. The fourth-order valence-corrected chi connectivity index (χ4v) is 0.667. The highest BCUT2D eigenvalue weighted by Crippen LogP contribution is 2.17. The van der Waals surface area contributed by atoms with Crippen LogP contribution in [0.25, 0.3) is 0 Å². The van der Waals surface area contributed by atoms with Crippen molar-refractivity contribution in [2.45, 2.75) is 0 Å². The molecule has 1 unspecified atom stereocenters. The van der Waals surface area contributed by atoms with E-state index in [1.54, 1.807) is 0 Å². The van der Waals surface area contributed by atoms with E-state index in [1.165, 1.54) is 18.6 Å². The largest absolute Gasteiger partial charge is 0.749 e.